The molecule has 3 nitrogen and oxygen atoms in total. The van der Waals surface area contributed by atoms with Crippen molar-refractivity contribution in [2.75, 3.05) is 27.4 Å². The molecule has 1 aromatic rings. The van der Waals surface area contributed by atoms with Crippen LogP contribution in [-0.2, 0) is 11.2 Å². The molecule has 0 saturated heterocycles. The lowest BCUT2D eigenvalue weighted by Crippen LogP contribution is -2.32. The molecule has 108 valence electrons. The van der Waals surface area contributed by atoms with E-state index >= 15 is 0 Å². The summed E-state index contributed by atoms with van der Waals surface area (Å²) < 4.78 is 10.4. The Hall–Kier alpha value is -1.06. The van der Waals surface area contributed by atoms with Gasteiger partial charge in [-0.05, 0) is 49.9 Å². The van der Waals surface area contributed by atoms with Crippen molar-refractivity contribution in [3.05, 3.63) is 29.8 Å². The van der Waals surface area contributed by atoms with E-state index in [4.69, 9.17) is 9.47 Å². The summed E-state index contributed by atoms with van der Waals surface area (Å²) in [6, 6.07) is 8.85. The minimum Gasteiger partial charge on any atom is -0.497 e. The van der Waals surface area contributed by atoms with E-state index in [2.05, 4.69) is 30.4 Å². The molecule has 0 aliphatic heterocycles. The average Bonchev–Trinajstić information content (AvgIpc) is 2.45. The Morgan fingerprint density at radius 2 is 2.11 bits per heavy atom. The third-order valence-corrected chi connectivity index (χ3v) is 3.20. The molecule has 3 heteroatoms. The summed E-state index contributed by atoms with van der Waals surface area (Å²) in [5.74, 6) is 0.934. The second kappa shape index (κ2) is 9.82. The first-order valence-electron chi connectivity index (χ1n) is 7.15. The molecule has 1 atom stereocenters. The average molecular weight is 265 g/mol. The highest BCUT2D eigenvalue weighted by Gasteiger charge is 2.09. The molecule has 0 aliphatic carbocycles. The first-order valence-corrected chi connectivity index (χ1v) is 7.15. The van der Waals surface area contributed by atoms with Crippen LogP contribution in [-0.4, -0.2) is 33.4 Å². The lowest BCUT2D eigenvalue weighted by atomic mass is 10.0. The zero-order chi connectivity index (χ0) is 13.9. The van der Waals surface area contributed by atoms with Crippen molar-refractivity contribution >= 4 is 0 Å². The molecule has 0 saturated carbocycles. The van der Waals surface area contributed by atoms with E-state index in [0.717, 1.165) is 38.2 Å². The highest BCUT2D eigenvalue weighted by molar-refractivity contribution is 5.28. The quantitative estimate of drug-likeness (QED) is 0.660. The molecule has 0 aliphatic rings. The second-order valence-electron chi connectivity index (χ2n) is 4.84. The van der Waals surface area contributed by atoms with Gasteiger partial charge in [0.05, 0.1) is 7.11 Å². The van der Waals surface area contributed by atoms with E-state index in [1.165, 1.54) is 12.0 Å². The standard InChI is InChI=1S/C16H27NO2/c1-4-10-17-15(8-6-11-18-2)12-14-7-5-9-16(13-14)19-3/h5,7,9,13,15,17H,4,6,8,10-12H2,1-3H3. The molecule has 1 rings (SSSR count). The van der Waals surface area contributed by atoms with Crippen molar-refractivity contribution in [3.63, 3.8) is 0 Å². The van der Waals surface area contributed by atoms with Crippen LogP contribution < -0.4 is 10.1 Å². The molecule has 1 aromatic carbocycles. The highest BCUT2D eigenvalue weighted by atomic mass is 16.5. The topological polar surface area (TPSA) is 30.5 Å². The minimum absolute atomic E-state index is 0.516. The van der Waals surface area contributed by atoms with Crippen LogP contribution in [0.2, 0.25) is 0 Å². The zero-order valence-electron chi connectivity index (χ0n) is 12.4. The van der Waals surface area contributed by atoms with Crippen LogP contribution in [0.15, 0.2) is 24.3 Å². The number of benzene rings is 1. The molecule has 0 spiro atoms. The van der Waals surface area contributed by atoms with E-state index in [-0.39, 0.29) is 0 Å². The second-order valence-corrected chi connectivity index (χ2v) is 4.84. The Kier molecular flexibility index (Phi) is 8.26. The smallest absolute Gasteiger partial charge is 0.119 e. The fourth-order valence-electron chi connectivity index (χ4n) is 2.18. The van der Waals surface area contributed by atoms with Crippen molar-refractivity contribution < 1.29 is 9.47 Å². The van der Waals surface area contributed by atoms with Gasteiger partial charge in [-0.1, -0.05) is 19.1 Å². The minimum atomic E-state index is 0.516. The first kappa shape index (κ1) is 16.0. The summed E-state index contributed by atoms with van der Waals surface area (Å²) in [5, 5.41) is 3.62. The lowest BCUT2D eigenvalue weighted by Gasteiger charge is -2.18. The largest absolute Gasteiger partial charge is 0.497 e. The first-order chi connectivity index (χ1) is 9.30. The highest BCUT2D eigenvalue weighted by Crippen LogP contribution is 2.15. The van der Waals surface area contributed by atoms with Crippen LogP contribution in [0.5, 0.6) is 5.75 Å². The Morgan fingerprint density at radius 1 is 1.26 bits per heavy atom. The predicted molar refractivity (Wildman–Crippen MR) is 79.9 cm³/mol. The van der Waals surface area contributed by atoms with E-state index in [0.29, 0.717) is 6.04 Å². The number of rotatable bonds is 10. The van der Waals surface area contributed by atoms with Gasteiger partial charge in [0.2, 0.25) is 0 Å². The summed E-state index contributed by atoms with van der Waals surface area (Å²) in [6.07, 6.45) is 4.45. The fraction of sp³-hybridized carbons (Fsp3) is 0.625. The maximum atomic E-state index is 5.28. The lowest BCUT2D eigenvalue weighted by molar-refractivity contribution is 0.188. The molecule has 0 aromatic heterocycles. The van der Waals surface area contributed by atoms with Crippen molar-refractivity contribution in [1.29, 1.82) is 0 Å². The SMILES string of the molecule is CCCNC(CCCOC)Cc1cccc(OC)c1. The summed E-state index contributed by atoms with van der Waals surface area (Å²) >= 11 is 0. The van der Waals surface area contributed by atoms with Crippen molar-refractivity contribution in [2.45, 2.75) is 38.6 Å². The summed E-state index contributed by atoms with van der Waals surface area (Å²) in [4.78, 5) is 0. The van der Waals surface area contributed by atoms with Gasteiger partial charge in [0.25, 0.3) is 0 Å². The summed E-state index contributed by atoms with van der Waals surface area (Å²) in [7, 11) is 3.47. The number of ether oxygens (including phenoxy) is 2. The van der Waals surface area contributed by atoms with Gasteiger partial charge in [-0.2, -0.15) is 0 Å². The Morgan fingerprint density at radius 3 is 2.79 bits per heavy atom. The van der Waals surface area contributed by atoms with Gasteiger partial charge in [-0.25, -0.2) is 0 Å². The molecular formula is C16H27NO2. The fourth-order valence-corrected chi connectivity index (χ4v) is 2.18. The van der Waals surface area contributed by atoms with Crippen LogP contribution >= 0.6 is 0 Å². The number of hydrogen-bond acceptors (Lipinski definition) is 3. The van der Waals surface area contributed by atoms with Crippen LogP contribution in [0.3, 0.4) is 0 Å². The molecule has 0 amide bonds. The molecule has 0 heterocycles. The molecule has 1 unspecified atom stereocenters. The van der Waals surface area contributed by atoms with Crippen LogP contribution in [0.4, 0.5) is 0 Å². The third-order valence-electron chi connectivity index (χ3n) is 3.20. The number of methoxy groups -OCH3 is 2. The van der Waals surface area contributed by atoms with Gasteiger partial charge in [-0.3, -0.25) is 0 Å². The van der Waals surface area contributed by atoms with E-state index in [1.807, 2.05) is 6.07 Å². The maximum Gasteiger partial charge on any atom is 0.119 e. The van der Waals surface area contributed by atoms with Gasteiger partial charge < -0.3 is 14.8 Å². The normalized spacial score (nSPS) is 12.4. The maximum absolute atomic E-state index is 5.28. The molecule has 19 heavy (non-hydrogen) atoms. The molecule has 0 bridgehead atoms. The Labute approximate surface area is 117 Å². The van der Waals surface area contributed by atoms with E-state index in [9.17, 15) is 0 Å². The van der Waals surface area contributed by atoms with Crippen molar-refractivity contribution in [1.82, 2.24) is 5.32 Å². The predicted octanol–water partition coefficient (Wildman–Crippen LogP) is 3.03. The van der Waals surface area contributed by atoms with Crippen molar-refractivity contribution in [3.8, 4) is 5.75 Å². The molecule has 0 fully saturated rings. The monoisotopic (exact) mass is 265 g/mol. The van der Waals surface area contributed by atoms with Crippen LogP contribution in [0.25, 0.3) is 0 Å². The van der Waals surface area contributed by atoms with Gasteiger partial charge in [-0.15, -0.1) is 0 Å². The molecule has 1 N–H and O–H groups in total. The molecular weight excluding hydrogens is 238 g/mol. The summed E-state index contributed by atoms with van der Waals surface area (Å²) in [6.45, 7) is 4.11. The Balaban J connectivity index is 2.53. The Bertz CT molecular complexity index is 341. The van der Waals surface area contributed by atoms with Crippen LogP contribution in [0.1, 0.15) is 31.7 Å². The van der Waals surface area contributed by atoms with Crippen molar-refractivity contribution in [2.24, 2.45) is 0 Å². The molecule has 0 radical (unpaired) electrons. The third kappa shape index (κ3) is 6.60. The van der Waals surface area contributed by atoms with Gasteiger partial charge in [0, 0.05) is 19.8 Å². The van der Waals surface area contributed by atoms with Gasteiger partial charge in [0.1, 0.15) is 5.75 Å². The number of nitrogens with one attached hydrogen (secondary N) is 1. The van der Waals surface area contributed by atoms with Crippen LogP contribution in [0, 0.1) is 0 Å². The summed E-state index contributed by atoms with van der Waals surface area (Å²) in [5.41, 5.74) is 1.32. The zero-order valence-corrected chi connectivity index (χ0v) is 12.4. The van der Waals surface area contributed by atoms with Gasteiger partial charge in [0.15, 0.2) is 0 Å². The number of hydrogen-bond donors (Lipinski definition) is 1. The van der Waals surface area contributed by atoms with Gasteiger partial charge >= 0.3 is 0 Å². The van der Waals surface area contributed by atoms with E-state index in [1.54, 1.807) is 14.2 Å². The van der Waals surface area contributed by atoms with E-state index < -0.39 is 0 Å².